The molecule has 2 aromatic rings. The van der Waals surface area contributed by atoms with Gasteiger partial charge in [0, 0.05) is 18.0 Å². The van der Waals surface area contributed by atoms with E-state index >= 15 is 0 Å². The van der Waals surface area contributed by atoms with Gasteiger partial charge < -0.3 is 9.63 Å². The third kappa shape index (κ3) is 2.07. The number of rotatable bonds is 2. The highest BCUT2D eigenvalue weighted by Gasteiger charge is 2.06. The predicted octanol–water partition coefficient (Wildman–Crippen LogP) is 1.05. The SMILES string of the molecule is Cl.OCc1nc(-c2cccnc2)no1. The fraction of sp³-hybridized carbons (Fsp3) is 0.125. The van der Waals surface area contributed by atoms with E-state index in [1.54, 1.807) is 18.5 Å². The minimum absolute atomic E-state index is 0. The lowest BCUT2D eigenvalue weighted by molar-refractivity contribution is 0.222. The van der Waals surface area contributed by atoms with Crippen molar-refractivity contribution in [3.05, 3.63) is 30.4 Å². The van der Waals surface area contributed by atoms with Crippen molar-refractivity contribution in [3.63, 3.8) is 0 Å². The monoisotopic (exact) mass is 213 g/mol. The second-order valence-corrected chi connectivity index (χ2v) is 2.41. The van der Waals surface area contributed by atoms with Crippen molar-refractivity contribution in [2.75, 3.05) is 0 Å². The molecule has 0 aliphatic rings. The van der Waals surface area contributed by atoms with E-state index in [0.29, 0.717) is 5.82 Å². The van der Waals surface area contributed by atoms with Gasteiger partial charge in [-0.15, -0.1) is 12.4 Å². The van der Waals surface area contributed by atoms with Crippen molar-refractivity contribution < 1.29 is 9.63 Å². The molecule has 0 aliphatic heterocycles. The number of aliphatic hydroxyl groups excluding tert-OH is 1. The molecule has 0 atom stereocenters. The molecule has 0 unspecified atom stereocenters. The van der Waals surface area contributed by atoms with E-state index in [-0.39, 0.29) is 24.9 Å². The van der Waals surface area contributed by atoms with Crippen molar-refractivity contribution in [3.8, 4) is 11.4 Å². The van der Waals surface area contributed by atoms with E-state index in [9.17, 15) is 0 Å². The maximum atomic E-state index is 8.69. The molecule has 5 nitrogen and oxygen atoms in total. The largest absolute Gasteiger partial charge is 0.387 e. The number of pyridine rings is 1. The lowest BCUT2D eigenvalue weighted by Gasteiger charge is -1.89. The van der Waals surface area contributed by atoms with Crippen LogP contribution in [-0.4, -0.2) is 20.2 Å². The summed E-state index contributed by atoms with van der Waals surface area (Å²) in [5, 5.41) is 12.4. The van der Waals surface area contributed by atoms with Crippen LogP contribution in [0.3, 0.4) is 0 Å². The summed E-state index contributed by atoms with van der Waals surface area (Å²) in [6.45, 7) is -0.243. The number of nitrogens with zero attached hydrogens (tertiary/aromatic N) is 3. The number of hydrogen-bond acceptors (Lipinski definition) is 5. The Labute approximate surface area is 86.2 Å². The second-order valence-electron chi connectivity index (χ2n) is 2.41. The summed E-state index contributed by atoms with van der Waals surface area (Å²) in [5.74, 6) is 0.649. The Balaban J connectivity index is 0.000000980. The van der Waals surface area contributed by atoms with Gasteiger partial charge in [-0.05, 0) is 12.1 Å². The van der Waals surface area contributed by atoms with Gasteiger partial charge in [0.2, 0.25) is 5.82 Å². The van der Waals surface area contributed by atoms with E-state index in [2.05, 4.69) is 15.1 Å². The summed E-state index contributed by atoms with van der Waals surface area (Å²) in [6, 6.07) is 3.60. The summed E-state index contributed by atoms with van der Waals surface area (Å²) in [7, 11) is 0. The molecule has 6 heteroatoms. The van der Waals surface area contributed by atoms with Crippen molar-refractivity contribution >= 4 is 12.4 Å². The number of aliphatic hydroxyl groups is 1. The van der Waals surface area contributed by atoms with Crippen LogP contribution in [0, 0.1) is 0 Å². The molecular formula is C8H8ClN3O2. The fourth-order valence-electron chi connectivity index (χ4n) is 0.931. The van der Waals surface area contributed by atoms with Gasteiger partial charge in [0.05, 0.1) is 0 Å². The molecule has 0 spiro atoms. The summed E-state index contributed by atoms with van der Waals surface area (Å²) < 4.78 is 4.73. The van der Waals surface area contributed by atoms with Crippen LogP contribution in [0.15, 0.2) is 29.0 Å². The van der Waals surface area contributed by atoms with Gasteiger partial charge >= 0.3 is 0 Å². The minimum Gasteiger partial charge on any atom is -0.387 e. The Kier molecular flexibility index (Phi) is 3.55. The van der Waals surface area contributed by atoms with Crippen molar-refractivity contribution in [1.82, 2.24) is 15.1 Å². The summed E-state index contributed by atoms with van der Waals surface area (Å²) in [6.07, 6.45) is 3.29. The number of aromatic nitrogens is 3. The van der Waals surface area contributed by atoms with E-state index in [1.165, 1.54) is 0 Å². The normalized spacial score (nSPS) is 9.50. The molecule has 0 radical (unpaired) electrons. The Morgan fingerprint density at radius 3 is 2.86 bits per heavy atom. The molecule has 0 aliphatic carbocycles. The summed E-state index contributed by atoms with van der Waals surface area (Å²) in [4.78, 5) is 7.84. The highest BCUT2D eigenvalue weighted by molar-refractivity contribution is 5.85. The van der Waals surface area contributed by atoms with E-state index in [1.807, 2.05) is 6.07 Å². The Hall–Kier alpha value is -1.46. The van der Waals surface area contributed by atoms with E-state index in [0.717, 1.165) is 5.56 Å². The van der Waals surface area contributed by atoms with Crippen LogP contribution in [0.5, 0.6) is 0 Å². The summed E-state index contributed by atoms with van der Waals surface area (Å²) >= 11 is 0. The third-order valence-electron chi connectivity index (χ3n) is 1.52. The molecule has 0 saturated carbocycles. The van der Waals surface area contributed by atoms with Gasteiger partial charge in [-0.1, -0.05) is 5.16 Å². The Morgan fingerprint density at radius 1 is 1.43 bits per heavy atom. The second kappa shape index (κ2) is 4.69. The fourth-order valence-corrected chi connectivity index (χ4v) is 0.931. The van der Waals surface area contributed by atoms with Gasteiger partial charge in [-0.2, -0.15) is 4.98 Å². The Morgan fingerprint density at radius 2 is 2.29 bits per heavy atom. The van der Waals surface area contributed by atoms with Crippen LogP contribution < -0.4 is 0 Å². The van der Waals surface area contributed by atoms with E-state index < -0.39 is 0 Å². The van der Waals surface area contributed by atoms with Gasteiger partial charge in [0.15, 0.2) is 0 Å². The zero-order valence-corrected chi connectivity index (χ0v) is 7.94. The molecule has 1 N–H and O–H groups in total. The number of halogens is 1. The summed E-state index contributed by atoms with van der Waals surface area (Å²) in [5.41, 5.74) is 0.769. The molecule has 2 aromatic heterocycles. The maximum absolute atomic E-state index is 8.69. The highest BCUT2D eigenvalue weighted by Crippen LogP contribution is 2.12. The maximum Gasteiger partial charge on any atom is 0.252 e. The lowest BCUT2D eigenvalue weighted by atomic mass is 10.3. The quantitative estimate of drug-likeness (QED) is 0.807. The first-order chi connectivity index (χ1) is 6.40. The first kappa shape index (κ1) is 10.6. The first-order valence-electron chi connectivity index (χ1n) is 3.74. The third-order valence-corrected chi connectivity index (χ3v) is 1.52. The van der Waals surface area contributed by atoms with Crippen LogP contribution in [0.4, 0.5) is 0 Å². The Bertz CT molecular complexity index is 390. The predicted molar refractivity (Wildman–Crippen MR) is 50.7 cm³/mol. The molecule has 0 amide bonds. The van der Waals surface area contributed by atoms with Crippen molar-refractivity contribution in [1.29, 1.82) is 0 Å². The highest BCUT2D eigenvalue weighted by atomic mass is 35.5. The van der Waals surface area contributed by atoms with Gasteiger partial charge in [-0.3, -0.25) is 4.98 Å². The molecule has 2 rings (SSSR count). The molecular weight excluding hydrogens is 206 g/mol. The van der Waals surface area contributed by atoms with Crippen LogP contribution >= 0.6 is 12.4 Å². The molecule has 0 fully saturated rings. The smallest absolute Gasteiger partial charge is 0.252 e. The van der Waals surface area contributed by atoms with Gasteiger partial charge in [-0.25, -0.2) is 0 Å². The molecule has 0 saturated heterocycles. The zero-order valence-electron chi connectivity index (χ0n) is 7.12. The van der Waals surface area contributed by atoms with Crippen molar-refractivity contribution in [2.24, 2.45) is 0 Å². The molecule has 0 bridgehead atoms. The van der Waals surface area contributed by atoms with Gasteiger partial charge in [0.1, 0.15) is 6.61 Å². The zero-order chi connectivity index (χ0) is 9.10. The molecule has 14 heavy (non-hydrogen) atoms. The van der Waals surface area contributed by atoms with Crippen LogP contribution in [0.1, 0.15) is 5.89 Å². The lowest BCUT2D eigenvalue weighted by Crippen LogP contribution is -1.83. The topological polar surface area (TPSA) is 72.0 Å². The van der Waals surface area contributed by atoms with Crippen LogP contribution in [-0.2, 0) is 6.61 Å². The molecule has 74 valence electrons. The standard InChI is InChI=1S/C8H7N3O2.ClH/c12-5-7-10-8(11-13-7)6-2-1-3-9-4-6;/h1-4,12H,5H2;1H. The van der Waals surface area contributed by atoms with Crippen LogP contribution in [0.2, 0.25) is 0 Å². The first-order valence-corrected chi connectivity index (χ1v) is 3.74. The number of hydrogen-bond donors (Lipinski definition) is 1. The molecule has 2 heterocycles. The average molecular weight is 214 g/mol. The average Bonchev–Trinajstić information content (AvgIpc) is 2.67. The molecule has 0 aromatic carbocycles. The van der Waals surface area contributed by atoms with Gasteiger partial charge in [0.25, 0.3) is 5.89 Å². The minimum atomic E-state index is -0.243. The van der Waals surface area contributed by atoms with Crippen molar-refractivity contribution in [2.45, 2.75) is 6.61 Å². The van der Waals surface area contributed by atoms with E-state index in [4.69, 9.17) is 9.63 Å². The van der Waals surface area contributed by atoms with Crippen LogP contribution in [0.25, 0.3) is 11.4 Å².